The Balaban J connectivity index is 1.60. The predicted octanol–water partition coefficient (Wildman–Crippen LogP) is 2.72. The summed E-state index contributed by atoms with van der Waals surface area (Å²) in [4.78, 5) is 40.4. The monoisotopic (exact) mass is 514 g/mol. The Morgan fingerprint density at radius 3 is 2.32 bits per heavy atom. The summed E-state index contributed by atoms with van der Waals surface area (Å²) in [6.45, 7) is 2.77. The van der Waals surface area contributed by atoms with Crippen molar-refractivity contribution in [2.75, 3.05) is 34.4 Å². The van der Waals surface area contributed by atoms with Gasteiger partial charge in [-0.15, -0.1) is 0 Å². The number of aryl methyl sites for hydroxylation is 1. The zero-order chi connectivity index (χ0) is 26.7. The molecule has 0 bridgehead atoms. The summed E-state index contributed by atoms with van der Waals surface area (Å²) in [5, 5.41) is 13.8. The van der Waals surface area contributed by atoms with Crippen LogP contribution in [0.5, 0.6) is 23.0 Å². The summed E-state index contributed by atoms with van der Waals surface area (Å²) in [5.74, 6) is 0.193. The van der Waals surface area contributed by atoms with Crippen molar-refractivity contribution in [1.29, 1.82) is 0 Å². The number of carbonyl (C=O) groups excluding carboxylic acids is 2. The SMILES string of the molecule is COc1ccc(C(CC(=O)NC2CCN(C(=O)C3CC3)CC2)c2c(O)cc(C)oc2=O)c(OC)c1OC. The summed E-state index contributed by atoms with van der Waals surface area (Å²) in [6.07, 6.45) is 3.11. The van der Waals surface area contributed by atoms with Crippen molar-refractivity contribution in [1.82, 2.24) is 10.2 Å². The molecule has 2 N–H and O–H groups in total. The van der Waals surface area contributed by atoms with Crippen molar-refractivity contribution >= 4 is 11.8 Å². The molecular formula is C27H34N2O8. The Labute approximate surface area is 215 Å². The van der Waals surface area contributed by atoms with Crippen LogP contribution in [0.25, 0.3) is 0 Å². The Bertz CT molecular complexity index is 1210. The molecule has 1 aliphatic carbocycles. The minimum atomic E-state index is -0.886. The van der Waals surface area contributed by atoms with Gasteiger partial charge in [0.25, 0.3) is 0 Å². The highest BCUT2D eigenvalue weighted by atomic mass is 16.5. The lowest BCUT2D eigenvalue weighted by atomic mass is 9.87. The van der Waals surface area contributed by atoms with Crippen LogP contribution >= 0.6 is 0 Å². The van der Waals surface area contributed by atoms with Crippen LogP contribution in [-0.4, -0.2) is 62.3 Å². The second-order valence-electron chi connectivity index (χ2n) is 9.57. The topological polar surface area (TPSA) is 128 Å². The van der Waals surface area contributed by atoms with Gasteiger partial charge in [0.2, 0.25) is 17.6 Å². The number of likely N-dealkylation sites (tertiary alicyclic amines) is 1. The van der Waals surface area contributed by atoms with Crippen molar-refractivity contribution in [2.45, 2.75) is 51.0 Å². The van der Waals surface area contributed by atoms with Gasteiger partial charge in [0.15, 0.2) is 11.5 Å². The molecule has 1 saturated carbocycles. The highest BCUT2D eigenvalue weighted by Gasteiger charge is 2.36. The largest absolute Gasteiger partial charge is 0.507 e. The zero-order valence-corrected chi connectivity index (χ0v) is 21.7. The number of piperidine rings is 1. The summed E-state index contributed by atoms with van der Waals surface area (Å²) in [7, 11) is 4.40. The number of nitrogens with one attached hydrogen (secondary N) is 1. The van der Waals surface area contributed by atoms with Gasteiger partial charge < -0.3 is 34.0 Å². The van der Waals surface area contributed by atoms with Gasteiger partial charge in [0.1, 0.15) is 11.5 Å². The number of amides is 2. The standard InChI is InChI=1S/C27H34N2O8/c1-15-13-20(30)23(27(33)37-15)19(18-7-8-21(34-2)25(36-4)24(18)35-3)14-22(31)28-17-9-11-29(12-10-17)26(32)16-5-6-16/h7-8,13,16-17,19,30H,5-6,9-12,14H2,1-4H3,(H,28,31). The number of methoxy groups -OCH3 is 3. The van der Waals surface area contributed by atoms with Crippen LogP contribution in [0, 0.1) is 12.8 Å². The molecule has 0 spiro atoms. The van der Waals surface area contributed by atoms with E-state index in [0.29, 0.717) is 43.0 Å². The maximum Gasteiger partial charge on any atom is 0.343 e. The van der Waals surface area contributed by atoms with E-state index >= 15 is 0 Å². The zero-order valence-electron chi connectivity index (χ0n) is 21.7. The molecule has 4 rings (SSSR count). The van der Waals surface area contributed by atoms with Gasteiger partial charge in [0, 0.05) is 49.0 Å². The number of ether oxygens (including phenoxy) is 3. The summed E-state index contributed by atoms with van der Waals surface area (Å²) < 4.78 is 21.8. The molecule has 1 aromatic carbocycles. The Morgan fingerprint density at radius 2 is 1.76 bits per heavy atom. The lowest BCUT2D eigenvalue weighted by Gasteiger charge is -2.33. The van der Waals surface area contributed by atoms with E-state index in [1.807, 2.05) is 4.90 Å². The first kappa shape index (κ1) is 26.4. The number of nitrogens with zero attached hydrogens (tertiary/aromatic N) is 1. The third-order valence-electron chi connectivity index (χ3n) is 7.04. The molecule has 2 aliphatic rings. The Hall–Kier alpha value is -3.69. The van der Waals surface area contributed by atoms with Crippen LogP contribution in [0.2, 0.25) is 0 Å². The van der Waals surface area contributed by atoms with E-state index in [4.69, 9.17) is 18.6 Å². The fourth-order valence-electron chi connectivity index (χ4n) is 5.00. The van der Waals surface area contributed by atoms with Crippen molar-refractivity contribution in [3.05, 3.63) is 45.5 Å². The van der Waals surface area contributed by atoms with E-state index in [1.165, 1.54) is 27.4 Å². The van der Waals surface area contributed by atoms with E-state index in [9.17, 15) is 19.5 Å². The van der Waals surface area contributed by atoms with Crippen LogP contribution in [0.15, 0.2) is 27.4 Å². The normalized spacial score (nSPS) is 16.7. The van der Waals surface area contributed by atoms with Gasteiger partial charge in [-0.1, -0.05) is 6.07 Å². The first-order valence-corrected chi connectivity index (χ1v) is 12.5. The molecule has 10 heteroatoms. The molecular weight excluding hydrogens is 480 g/mol. The van der Waals surface area contributed by atoms with Crippen LogP contribution in [0.4, 0.5) is 0 Å². The van der Waals surface area contributed by atoms with E-state index < -0.39 is 11.5 Å². The molecule has 200 valence electrons. The highest BCUT2D eigenvalue weighted by molar-refractivity contribution is 5.81. The minimum absolute atomic E-state index is 0.0453. The summed E-state index contributed by atoms with van der Waals surface area (Å²) >= 11 is 0. The average Bonchev–Trinajstić information content (AvgIpc) is 3.72. The second kappa shape index (κ2) is 11.1. The van der Waals surface area contributed by atoms with Crippen LogP contribution in [0.3, 0.4) is 0 Å². The number of hydrogen-bond acceptors (Lipinski definition) is 8. The molecule has 37 heavy (non-hydrogen) atoms. The van der Waals surface area contributed by atoms with Crippen molar-refractivity contribution in [3.63, 3.8) is 0 Å². The van der Waals surface area contributed by atoms with E-state index in [-0.39, 0.29) is 53.0 Å². The van der Waals surface area contributed by atoms with E-state index in [1.54, 1.807) is 19.1 Å². The Morgan fingerprint density at radius 1 is 1.08 bits per heavy atom. The summed E-state index contributed by atoms with van der Waals surface area (Å²) in [5.41, 5.74) is -0.318. The first-order chi connectivity index (χ1) is 17.8. The maximum atomic E-state index is 13.3. The molecule has 1 unspecified atom stereocenters. The molecule has 2 amide bonds. The van der Waals surface area contributed by atoms with Gasteiger partial charge in [0.05, 0.1) is 26.9 Å². The minimum Gasteiger partial charge on any atom is -0.507 e. The first-order valence-electron chi connectivity index (χ1n) is 12.5. The van der Waals surface area contributed by atoms with Crippen LogP contribution < -0.4 is 25.2 Å². The molecule has 1 atom stereocenters. The van der Waals surface area contributed by atoms with Crippen molar-refractivity contribution in [3.8, 4) is 23.0 Å². The number of rotatable bonds is 9. The Kier molecular flexibility index (Phi) is 7.94. The fraction of sp³-hybridized carbons (Fsp3) is 0.519. The van der Waals surface area contributed by atoms with Crippen LogP contribution in [-0.2, 0) is 9.59 Å². The smallest absolute Gasteiger partial charge is 0.343 e. The molecule has 1 aliphatic heterocycles. The van der Waals surface area contributed by atoms with Gasteiger partial charge in [-0.05, 0) is 38.7 Å². The van der Waals surface area contributed by atoms with Gasteiger partial charge in [-0.25, -0.2) is 4.79 Å². The third-order valence-corrected chi connectivity index (χ3v) is 7.04. The van der Waals surface area contributed by atoms with Crippen LogP contribution in [0.1, 0.15) is 54.9 Å². The summed E-state index contributed by atoms with van der Waals surface area (Å²) in [6, 6.07) is 4.59. The fourth-order valence-corrected chi connectivity index (χ4v) is 5.00. The molecule has 2 heterocycles. The molecule has 1 saturated heterocycles. The van der Waals surface area contributed by atoms with E-state index in [2.05, 4.69) is 5.32 Å². The lowest BCUT2D eigenvalue weighted by molar-refractivity contribution is -0.133. The number of benzene rings is 1. The average molecular weight is 515 g/mol. The maximum absolute atomic E-state index is 13.3. The molecule has 2 aromatic rings. The van der Waals surface area contributed by atoms with Crippen molar-refractivity contribution < 1.29 is 33.3 Å². The predicted molar refractivity (Wildman–Crippen MR) is 134 cm³/mol. The van der Waals surface area contributed by atoms with Gasteiger partial charge in [-0.3, -0.25) is 9.59 Å². The third kappa shape index (κ3) is 5.68. The second-order valence-corrected chi connectivity index (χ2v) is 9.57. The quantitative estimate of drug-likeness (QED) is 0.523. The number of carbonyl (C=O) groups is 2. The van der Waals surface area contributed by atoms with E-state index in [0.717, 1.165) is 12.8 Å². The number of aromatic hydroxyl groups is 1. The molecule has 2 fully saturated rings. The van der Waals surface area contributed by atoms with Crippen molar-refractivity contribution in [2.24, 2.45) is 5.92 Å². The van der Waals surface area contributed by atoms with Gasteiger partial charge >= 0.3 is 5.63 Å². The molecule has 1 aromatic heterocycles. The lowest BCUT2D eigenvalue weighted by Crippen LogP contribution is -2.47. The molecule has 10 nitrogen and oxygen atoms in total. The van der Waals surface area contributed by atoms with Gasteiger partial charge in [-0.2, -0.15) is 0 Å². The highest BCUT2D eigenvalue weighted by Crippen LogP contribution is 2.46. The number of hydrogen-bond donors (Lipinski definition) is 2. The molecule has 0 radical (unpaired) electrons.